The maximum Gasteiger partial charge on any atom is 0.0711 e. The van der Waals surface area contributed by atoms with Gasteiger partial charge in [-0.25, -0.2) is 0 Å². The van der Waals surface area contributed by atoms with Crippen LogP contribution >= 0.6 is 7.92 Å². The highest BCUT2D eigenvalue weighted by atomic mass is 31.1. The molecule has 0 radical (unpaired) electrons. The van der Waals surface area contributed by atoms with Crippen LogP contribution in [-0.4, -0.2) is 17.3 Å². The van der Waals surface area contributed by atoms with Gasteiger partial charge in [0, 0.05) is 17.4 Å². The largest absolute Gasteiger partial charge is 0.252 e. The second kappa shape index (κ2) is 8.77. The molecule has 2 rings (SSSR count). The Hall–Kier alpha value is -1.20. The molecule has 0 atom stereocenters. The summed E-state index contributed by atoms with van der Waals surface area (Å²) in [6.45, 7) is 13.7. The zero-order valence-electron chi connectivity index (χ0n) is 16.1. The first-order valence-electron chi connectivity index (χ1n) is 9.29. The van der Waals surface area contributed by atoms with Crippen LogP contribution in [0, 0.1) is 0 Å². The average Bonchev–Trinajstić information content (AvgIpc) is 2.59. The van der Waals surface area contributed by atoms with Crippen LogP contribution in [0.3, 0.4) is 0 Å². The van der Waals surface area contributed by atoms with Crippen LogP contribution in [0.15, 0.2) is 36.4 Å². The Balaban J connectivity index is 2.51. The minimum atomic E-state index is 0.0835. The van der Waals surface area contributed by atoms with Crippen molar-refractivity contribution in [2.45, 2.75) is 59.5 Å². The van der Waals surface area contributed by atoms with Crippen molar-refractivity contribution in [2.75, 3.05) is 12.3 Å². The monoisotopic (exact) mass is 341 g/mol. The van der Waals surface area contributed by atoms with Gasteiger partial charge in [-0.2, -0.15) is 0 Å². The standard InChI is InChI=1S/C22H32NP/c1-7-24(8-2)15-18-11-9-14-21(23-18)22-19(16(3)4)12-10-13-20(22)17(5)6/h9-14,16-17H,7-8,15H2,1-6H3. The Morgan fingerprint density at radius 3 is 1.88 bits per heavy atom. The van der Waals surface area contributed by atoms with E-state index in [1.165, 1.54) is 34.7 Å². The second-order valence-corrected chi connectivity index (χ2v) is 10.0. The summed E-state index contributed by atoms with van der Waals surface area (Å²) in [4.78, 5) is 5.08. The van der Waals surface area contributed by atoms with E-state index >= 15 is 0 Å². The molecule has 0 unspecified atom stereocenters. The van der Waals surface area contributed by atoms with Crippen molar-refractivity contribution in [2.24, 2.45) is 0 Å². The third-order valence-corrected chi connectivity index (χ3v) is 7.28. The molecule has 0 bridgehead atoms. The van der Waals surface area contributed by atoms with Gasteiger partial charge in [-0.1, -0.05) is 65.8 Å². The van der Waals surface area contributed by atoms with E-state index in [1.54, 1.807) is 0 Å². The van der Waals surface area contributed by atoms with E-state index in [0.717, 1.165) is 11.9 Å². The van der Waals surface area contributed by atoms with E-state index in [4.69, 9.17) is 4.98 Å². The molecule has 0 aliphatic heterocycles. The summed E-state index contributed by atoms with van der Waals surface area (Å²) in [6, 6.07) is 13.3. The van der Waals surface area contributed by atoms with E-state index in [0.29, 0.717) is 11.8 Å². The summed E-state index contributed by atoms with van der Waals surface area (Å²) in [5.41, 5.74) is 6.61. The average molecular weight is 341 g/mol. The molecule has 0 saturated carbocycles. The maximum absolute atomic E-state index is 5.08. The fourth-order valence-corrected chi connectivity index (χ4v) is 4.76. The van der Waals surface area contributed by atoms with Gasteiger partial charge in [0.1, 0.15) is 0 Å². The number of aromatic nitrogens is 1. The lowest BCUT2D eigenvalue weighted by molar-refractivity contribution is 0.836. The third-order valence-electron chi connectivity index (χ3n) is 4.72. The van der Waals surface area contributed by atoms with Gasteiger partial charge < -0.3 is 0 Å². The van der Waals surface area contributed by atoms with Gasteiger partial charge >= 0.3 is 0 Å². The van der Waals surface area contributed by atoms with Gasteiger partial charge in [0.15, 0.2) is 0 Å². The first-order valence-corrected chi connectivity index (χ1v) is 11.2. The zero-order valence-corrected chi connectivity index (χ0v) is 17.0. The molecule has 130 valence electrons. The van der Waals surface area contributed by atoms with Gasteiger partial charge in [0.25, 0.3) is 0 Å². The van der Waals surface area contributed by atoms with E-state index in [-0.39, 0.29) is 7.92 Å². The molecule has 0 saturated heterocycles. The Labute approximate surface area is 149 Å². The number of pyridine rings is 1. The van der Waals surface area contributed by atoms with E-state index < -0.39 is 0 Å². The van der Waals surface area contributed by atoms with Crippen LogP contribution < -0.4 is 0 Å². The summed E-state index contributed by atoms with van der Waals surface area (Å²) in [5.74, 6) is 1.01. The fraction of sp³-hybridized carbons (Fsp3) is 0.500. The van der Waals surface area contributed by atoms with Gasteiger partial charge in [0.05, 0.1) is 5.69 Å². The summed E-state index contributed by atoms with van der Waals surface area (Å²) in [7, 11) is 0.0835. The van der Waals surface area contributed by atoms with Crippen molar-refractivity contribution in [3.05, 3.63) is 53.2 Å². The third kappa shape index (κ3) is 4.45. The molecule has 0 spiro atoms. The first kappa shape index (κ1) is 19.1. The zero-order chi connectivity index (χ0) is 17.7. The van der Waals surface area contributed by atoms with Crippen molar-refractivity contribution in [1.29, 1.82) is 0 Å². The predicted molar refractivity (Wildman–Crippen MR) is 110 cm³/mol. The van der Waals surface area contributed by atoms with Crippen LogP contribution in [0.4, 0.5) is 0 Å². The minimum Gasteiger partial charge on any atom is -0.252 e. The summed E-state index contributed by atoms with van der Waals surface area (Å²) < 4.78 is 0. The lowest BCUT2D eigenvalue weighted by Crippen LogP contribution is -2.02. The topological polar surface area (TPSA) is 12.9 Å². The maximum atomic E-state index is 5.08. The van der Waals surface area contributed by atoms with Crippen molar-refractivity contribution in [3.63, 3.8) is 0 Å². The molecule has 1 heterocycles. The Morgan fingerprint density at radius 1 is 0.833 bits per heavy atom. The molecule has 1 aromatic carbocycles. The minimum absolute atomic E-state index is 0.0835. The van der Waals surface area contributed by atoms with E-state index in [9.17, 15) is 0 Å². The van der Waals surface area contributed by atoms with Gasteiger partial charge in [-0.15, -0.1) is 7.92 Å². The molecule has 0 fully saturated rings. The van der Waals surface area contributed by atoms with Crippen LogP contribution in [0.2, 0.25) is 0 Å². The van der Waals surface area contributed by atoms with Crippen molar-refractivity contribution < 1.29 is 0 Å². The van der Waals surface area contributed by atoms with Crippen molar-refractivity contribution >= 4 is 7.92 Å². The van der Waals surface area contributed by atoms with Gasteiger partial charge in [-0.05, 0) is 47.4 Å². The van der Waals surface area contributed by atoms with Crippen LogP contribution in [-0.2, 0) is 6.16 Å². The molecule has 0 N–H and O–H groups in total. The highest BCUT2D eigenvalue weighted by Gasteiger charge is 2.17. The number of hydrogen-bond acceptors (Lipinski definition) is 1. The number of hydrogen-bond donors (Lipinski definition) is 0. The highest BCUT2D eigenvalue weighted by molar-refractivity contribution is 7.56. The molecule has 1 aromatic heterocycles. The number of benzene rings is 1. The van der Waals surface area contributed by atoms with E-state index in [1.807, 2.05) is 0 Å². The first-order chi connectivity index (χ1) is 11.5. The quantitative estimate of drug-likeness (QED) is 0.493. The molecule has 0 aliphatic carbocycles. The molecule has 24 heavy (non-hydrogen) atoms. The van der Waals surface area contributed by atoms with Gasteiger partial charge in [-0.3, -0.25) is 4.98 Å². The van der Waals surface area contributed by atoms with Gasteiger partial charge in [0.2, 0.25) is 0 Å². The normalized spacial score (nSPS) is 11.7. The van der Waals surface area contributed by atoms with Crippen molar-refractivity contribution in [3.8, 4) is 11.3 Å². The summed E-state index contributed by atoms with van der Waals surface area (Å²) in [5, 5.41) is 0. The fourth-order valence-electron chi connectivity index (χ4n) is 3.23. The smallest absolute Gasteiger partial charge is 0.0711 e. The highest BCUT2D eigenvalue weighted by Crippen LogP contribution is 2.39. The predicted octanol–water partition coefficient (Wildman–Crippen LogP) is 7.02. The molecule has 2 aromatic rings. The van der Waals surface area contributed by atoms with Crippen LogP contribution in [0.25, 0.3) is 11.3 Å². The molecular weight excluding hydrogens is 309 g/mol. The Kier molecular flexibility index (Phi) is 6.99. The Morgan fingerprint density at radius 2 is 1.38 bits per heavy atom. The molecule has 1 nitrogen and oxygen atoms in total. The Bertz CT molecular complexity index is 631. The number of rotatable bonds is 7. The number of nitrogens with zero attached hydrogens (tertiary/aromatic N) is 1. The molecule has 0 amide bonds. The second-order valence-electron chi connectivity index (χ2n) is 7.10. The molecule has 2 heteroatoms. The molecule has 0 aliphatic rings. The van der Waals surface area contributed by atoms with Crippen molar-refractivity contribution in [1.82, 2.24) is 4.98 Å². The SMILES string of the molecule is CCP(CC)Cc1cccc(-c2c(C(C)C)cccc2C(C)C)n1. The van der Waals surface area contributed by atoms with Crippen LogP contribution in [0.1, 0.15) is 70.2 Å². The lowest BCUT2D eigenvalue weighted by atomic mass is 9.87. The summed E-state index contributed by atoms with van der Waals surface area (Å²) in [6.07, 6.45) is 3.73. The van der Waals surface area contributed by atoms with Crippen LogP contribution in [0.5, 0.6) is 0 Å². The lowest BCUT2D eigenvalue weighted by Gasteiger charge is -2.20. The van der Waals surface area contributed by atoms with E-state index in [2.05, 4.69) is 77.9 Å². The molecular formula is C22H32NP. The summed E-state index contributed by atoms with van der Waals surface area (Å²) >= 11 is 0.